The Labute approximate surface area is 76.8 Å². The van der Waals surface area contributed by atoms with Crippen LogP contribution in [0.5, 0.6) is 0 Å². The van der Waals surface area contributed by atoms with Crippen molar-refractivity contribution in [2.45, 2.75) is 32.8 Å². The van der Waals surface area contributed by atoms with E-state index >= 15 is 0 Å². The van der Waals surface area contributed by atoms with Crippen molar-refractivity contribution in [3.8, 4) is 0 Å². The van der Waals surface area contributed by atoms with E-state index in [-0.39, 0.29) is 0 Å². The van der Waals surface area contributed by atoms with E-state index in [1.165, 1.54) is 0 Å². The van der Waals surface area contributed by atoms with Crippen molar-refractivity contribution in [1.82, 2.24) is 8.75 Å². The quantitative estimate of drug-likeness (QED) is 0.782. The average molecular weight is 186 g/mol. The standard InChI is InChI=1S/C8H14N2OS/c1-3-6(2)4-8(11)7-5-9-12-10-7/h5-6,8,11H,3-4H2,1-2H3. The number of hydrogen-bond donors (Lipinski definition) is 1. The summed E-state index contributed by atoms with van der Waals surface area (Å²) in [6.07, 6.45) is 3.08. The minimum absolute atomic E-state index is 0.432. The van der Waals surface area contributed by atoms with Gasteiger partial charge in [0, 0.05) is 0 Å². The van der Waals surface area contributed by atoms with Gasteiger partial charge in [-0.15, -0.1) is 0 Å². The predicted molar refractivity (Wildman–Crippen MR) is 48.9 cm³/mol. The van der Waals surface area contributed by atoms with E-state index in [1.54, 1.807) is 6.20 Å². The van der Waals surface area contributed by atoms with Crippen molar-refractivity contribution in [1.29, 1.82) is 0 Å². The Morgan fingerprint density at radius 2 is 2.42 bits per heavy atom. The molecule has 0 radical (unpaired) electrons. The largest absolute Gasteiger partial charge is 0.387 e. The molecule has 0 saturated heterocycles. The fraction of sp³-hybridized carbons (Fsp3) is 0.750. The summed E-state index contributed by atoms with van der Waals surface area (Å²) in [5.74, 6) is 0.543. The van der Waals surface area contributed by atoms with Crippen molar-refractivity contribution in [3.05, 3.63) is 11.9 Å². The highest BCUT2D eigenvalue weighted by Crippen LogP contribution is 2.20. The molecule has 3 nitrogen and oxygen atoms in total. The maximum absolute atomic E-state index is 9.62. The number of rotatable bonds is 4. The lowest BCUT2D eigenvalue weighted by atomic mass is 10.00. The molecule has 0 amide bonds. The minimum Gasteiger partial charge on any atom is -0.387 e. The number of aliphatic hydroxyl groups excluding tert-OH is 1. The fourth-order valence-corrected chi connectivity index (χ4v) is 1.45. The van der Waals surface area contributed by atoms with Gasteiger partial charge < -0.3 is 5.11 Å². The van der Waals surface area contributed by atoms with Crippen LogP contribution in [0.1, 0.15) is 38.5 Å². The maximum Gasteiger partial charge on any atom is 0.103 e. The van der Waals surface area contributed by atoms with Gasteiger partial charge in [-0.25, -0.2) is 0 Å². The Morgan fingerprint density at radius 3 is 2.92 bits per heavy atom. The molecular weight excluding hydrogens is 172 g/mol. The van der Waals surface area contributed by atoms with Gasteiger partial charge in [-0.1, -0.05) is 20.3 Å². The number of nitrogens with zero attached hydrogens (tertiary/aromatic N) is 2. The topological polar surface area (TPSA) is 46.0 Å². The number of hydrogen-bond acceptors (Lipinski definition) is 4. The average Bonchev–Trinajstić information content (AvgIpc) is 2.56. The normalized spacial score (nSPS) is 15.9. The van der Waals surface area contributed by atoms with Gasteiger partial charge in [0.25, 0.3) is 0 Å². The van der Waals surface area contributed by atoms with E-state index in [4.69, 9.17) is 0 Å². The second-order valence-electron chi connectivity index (χ2n) is 3.10. The van der Waals surface area contributed by atoms with Gasteiger partial charge in [0.15, 0.2) is 0 Å². The molecule has 1 rings (SSSR count). The Balaban J connectivity index is 2.44. The molecule has 1 aromatic heterocycles. The molecule has 0 fully saturated rings. The second-order valence-corrected chi connectivity index (χ2v) is 3.65. The van der Waals surface area contributed by atoms with Crippen molar-refractivity contribution in [2.24, 2.45) is 5.92 Å². The number of aromatic nitrogens is 2. The monoisotopic (exact) mass is 186 g/mol. The SMILES string of the molecule is CCC(C)CC(O)c1cnsn1. The third kappa shape index (κ3) is 2.53. The molecule has 12 heavy (non-hydrogen) atoms. The van der Waals surface area contributed by atoms with Crippen molar-refractivity contribution in [2.75, 3.05) is 0 Å². The van der Waals surface area contributed by atoms with E-state index in [9.17, 15) is 5.11 Å². The molecule has 0 saturated carbocycles. The van der Waals surface area contributed by atoms with E-state index in [1.807, 2.05) is 0 Å². The Kier molecular flexibility index (Phi) is 3.62. The molecule has 0 aromatic carbocycles. The van der Waals surface area contributed by atoms with Crippen LogP contribution in [0.15, 0.2) is 6.20 Å². The molecule has 4 heteroatoms. The molecule has 2 atom stereocenters. The van der Waals surface area contributed by atoms with E-state index in [2.05, 4.69) is 22.6 Å². The van der Waals surface area contributed by atoms with Gasteiger partial charge in [-0.3, -0.25) is 0 Å². The first-order valence-corrected chi connectivity index (χ1v) is 4.92. The molecule has 2 unspecified atom stereocenters. The Hall–Kier alpha value is -0.480. The lowest BCUT2D eigenvalue weighted by Gasteiger charge is -2.11. The zero-order valence-electron chi connectivity index (χ0n) is 7.40. The zero-order valence-corrected chi connectivity index (χ0v) is 8.21. The third-order valence-corrected chi connectivity index (χ3v) is 2.53. The van der Waals surface area contributed by atoms with Gasteiger partial charge >= 0.3 is 0 Å². The molecule has 1 heterocycles. The molecule has 0 aliphatic carbocycles. The molecule has 68 valence electrons. The summed E-state index contributed by atoms with van der Waals surface area (Å²) < 4.78 is 7.83. The zero-order chi connectivity index (χ0) is 8.97. The van der Waals surface area contributed by atoms with Crippen LogP contribution in [0.25, 0.3) is 0 Å². The summed E-state index contributed by atoms with van der Waals surface area (Å²) in [6.45, 7) is 4.25. The molecule has 0 aliphatic heterocycles. The van der Waals surface area contributed by atoms with Crippen LogP contribution in [-0.2, 0) is 0 Å². The molecule has 0 aliphatic rings. The molecule has 0 bridgehead atoms. The van der Waals surface area contributed by atoms with Gasteiger partial charge in [-0.2, -0.15) is 8.75 Å². The highest BCUT2D eigenvalue weighted by Gasteiger charge is 2.13. The van der Waals surface area contributed by atoms with Gasteiger partial charge in [0.05, 0.1) is 24.0 Å². The summed E-state index contributed by atoms with van der Waals surface area (Å²) >= 11 is 1.14. The molecular formula is C8H14N2OS. The number of aliphatic hydroxyl groups is 1. The first kappa shape index (κ1) is 9.61. The van der Waals surface area contributed by atoms with Crippen LogP contribution in [-0.4, -0.2) is 13.9 Å². The maximum atomic E-state index is 9.62. The van der Waals surface area contributed by atoms with Crippen molar-refractivity contribution in [3.63, 3.8) is 0 Å². The van der Waals surface area contributed by atoms with Crippen LogP contribution in [0, 0.1) is 5.92 Å². The third-order valence-electron chi connectivity index (χ3n) is 2.04. The summed E-state index contributed by atoms with van der Waals surface area (Å²) in [4.78, 5) is 0. The van der Waals surface area contributed by atoms with Crippen LogP contribution in [0.4, 0.5) is 0 Å². The van der Waals surface area contributed by atoms with E-state index < -0.39 is 6.10 Å². The fourth-order valence-electron chi connectivity index (χ4n) is 0.987. The summed E-state index contributed by atoms with van der Waals surface area (Å²) in [5, 5.41) is 9.62. The lowest BCUT2D eigenvalue weighted by Crippen LogP contribution is -2.03. The Morgan fingerprint density at radius 1 is 1.67 bits per heavy atom. The first-order valence-electron chi connectivity index (χ1n) is 4.19. The van der Waals surface area contributed by atoms with Crippen LogP contribution < -0.4 is 0 Å². The highest BCUT2D eigenvalue weighted by molar-refractivity contribution is 6.99. The van der Waals surface area contributed by atoms with Crippen molar-refractivity contribution >= 4 is 11.7 Å². The molecule has 0 spiro atoms. The first-order chi connectivity index (χ1) is 5.74. The minimum atomic E-state index is -0.432. The van der Waals surface area contributed by atoms with Crippen molar-refractivity contribution < 1.29 is 5.11 Å². The van der Waals surface area contributed by atoms with Gasteiger partial charge in [-0.05, 0) is 12.3 Å². The predicted octanol–water partition coefficient (Wildman–Crippen LogP) is 2.01. The summed E-state index contributed by atoms with van der Waals surface area (Å²) in [5.41, 5.74) is 0.709. The smallest absolute Gasteiger partial charge is 0.103 e. The van der Waals surface area contributed by atoms with Crippen LogP contribution in [0.2, 0.25) is 0 Å². The second kappa shape index (κ2) is 4.52. The van der Waals surface area contributed by atoms with Crippen LogP contribution >= 0.6 is 11.7 Å². The molecule has 1 N–H and O–H groups in total. The van der Waals surface area contributed by atoms with Gasteiger partial charge in [0.2, 0.25) is 0 Å². The summed E-state index contributed by atoms with van der Waals surface area (Å²) in [6, 6.07) is 0. The highest BCUT2D eigenvalue weighted by atomic mass is 32.1. The Bertz CT molecular complexity index is 213. The molecule has 1 aromatic rings. The van der Waals surface area contributed by atoms with Crippen LogP contribution in [0.3, 0.4) is 0 Å². The summed E-state index contributed by atoms with van der Waals surface area (Å²) in [7, 11) is 0. The van der Waals surface area contributed by atoms with E-state index in [0.717, 1.165) is 24.6 Å². The van der Waals surface area contributed by atoms with E-state index in [0.29, 0.717) is 11.6 Å². The van der Waals surface area contributed by atoms with Gasteiger partial charge in [0.1, 0.15) is 5.69 Å². The lowest BCUT2D eigenvalue weighted by molar-refractivity contribution is 0.143.